The first-order valence-corrected chi connectivity index (χ1v) is 9.92. The second kappa shape index (κ2) is 10.9. The zero-order valence-electron chi connectivity index (χ0n) is 17.3. The Morgan fingerprint density at radius 1 is 0.806 bits per heavy atom. The van der Waals surface area contributed by atoms with Crippen molar-refractivity contribution in [2.24, 2.45) is 0 Å². The van der Waals surface area contributed by atoms with Gasteiger partial charge in [-0.1, -0.05) is 0 Å². The maximum absolute atomic E-state index is 11.0. The van der Waals surface area contributed by atoms with Gasteiger partial charge in [0.2, 0.25) is 0 Å². The van der Waals surface area contributed by atoms with E-state index in [1.54, 1.807) is 0 Å². The van der Waals surface area contributed by atoms with Gasteiger partial charge in [-0.05, 0) is 20.8 Å². The first kappa shape index (κ1) is 26.4. The van der Waals surface area contributed by atoms with Crippen LogP contribution in [0.15, 0.2) is 0 Å². The zero-order chi connectivity index (χ0) is 23.6. The number of aliphatic hydroxyl groups is 8. The molecule has 13 nitrogen and oxygen atoms in total. The van der Waals surface area contributed by atoms with Gasteiger partial charge in [-0.3, -0.25) is 0 Å². The molecular formula is C18H32O13. The molecule has 0 radical (unpaired) electrons. The Hall–Kier alpha value is -0.810. The van der Waals surface area contributed by atoms with Gasteiger partial charge < -0.3 is 64.6 Å². The molecule has 2 aliphatic heterocycles. The Morgan fingerprint density at radius 2 is 1.35 bits per heavy atom. The molecule has 2 aliphatic rings. The molecule has 2 heterocycles. The van der Waals surface area contributed by atoms with Crippen LogP contribution in [0.5, 0.6) is 0 Å². The highest BCUT2D eigenvalue weighted by molar-refractivity contribution is 5.56. The van der Waals surface area contributed by atoms with Crippen LogP contribution in [0.2, 0.25) is 0 Å². The normalized spacial score (nSPS) is 45.5. The van der Waals surface area contributed by atoms with E-state index in [0.717, 1.165) is 0 Å². The highest BCUT2D eigenvalue weighted by Crippen LogP contribution is 2.30. The third-order valence-corrected chi connectivity index (χ3v) is 5.48. The summed E-state index contributed by atoms with van der Waals surface area (Å²) in [6.07, 6.45) is -21.2. The van der Waals surface area contributed by atoms with Crippen molar-refractivity contribution in [3.8, 4) is 0 Å². The fraction of sp³-hybridized carbons (Fsp3) is 0.944. The second-order valence-corrected chi connectivity index (χ2v) is 7.93. The lowest BCUT2D eigenvalue weighted by molar-refractivity contribution is -0.362. The van der Waals surface area contributed by atoms with Crippen LogP contribution in [0, 0.1) is 0 Å². The second-order valence-electron chi connectivity index (χ2n) is 7.93. The molecule has 0 bridgehead atoms. The van der Waals surface area contributed by atoms with Gasteiger partial charge in [-0.25, -0.2) is 0 Å². The Kier molecular flexibility index (Phi) is 9.27. The summed E-state index contributed by atoms with van der Waals surface area (Å²) in [6, 6.07) is 0. The molecule has 2 fully saturated rings. The van der Waals surface area contributed by atoms with Gasteiger partial charge in [0.05, 0.1) is 18.3 Å². The molecule has 0 aliphatic carbocycles. The summed E-state index contributed by atoms with van der Waals surface area (Å²) in [5, 5.41) is 80.3. The average molecular weight is 456 g/mol. The first-order valence-electron chi connectivity index (χ1n) is 9.92. The number of hydrogen-bond acceptors (Lipinski definition) is 13. The highest BCUT2D eigenvalue weighted by atomic mass is 16.7. The van der Waals surface area contributed by atoms with Gasteiger partial charge in [-0.2, -0.15) is 0 Å². The van der Waals surface area contributed by atoms with Crippen molar-refractivity contribution in [1.29, 1.82) is 0 Å². The smallest absolute Gasteiger partial charge is 0.187 e. The molecule has 0 unspecified atom stereocenters. The largest absolute Gasteiger partial charge is 0.391 e. The Morgan fingerprint density at radius 3 is 1.90 bits per heavy atom. The molecule has 0 aromatic heterocycles. The van der Waals surface area contributed by atoms with E-state index in [4.69, 9.17) is 18.9 Å². The minimum atomic E-state index is -1.87. The number of ether oxygens (including phenoxy) is 4. The predicted molar refractivity (Wildman–Crippen MR) is 98.2 cm³/mol. The van der Waals surface area contributed by atoms with Crippen molar-refractivity contribution in [1.82, 2.24) is 0 Å². The molecule has 2 saturated heterocycles. The SMILES string of the molecule is C[C@@H](O)[C@@H](O)[C@H](O[C@H]1O[C@H](C)[C@@H](O)[C@H](O[C@H]2O[C@H](C)[C@@H](O)[C@H](O)[C@@H]2O)[C@@H]1O)[C@H](O)C=O. The summed E-state index contributed by atoms with van der Waals surface area (Å²) in [7, 11) is 0. The lowest BCUT2D eigenvalue weighted by atomic mass is 9.97. The number of carbonyl (C=O) groups excluding carboxylic acids is 1. The van der Waals surface area contributed by atoms with Crippen molar-refractivity contribution in [3.63, 3.8) is 0 Å². The van der Waals surface area contributed by atoms with Crippen LogP contribution in [0.1, 0.15) is 20.8 Å². The van der Waals surface area contributed by atoms with Crippen LogP contribution < -0.4 is 0 Å². The van der Waals surface area contributed by atoms with Crippen molar-refractivity contribution < 1.29 is 64.6 Å². The van der Waals surface area contributed by atoms with E-state index in [1.807, 2.05) is 0 Å². The fourth-order valence-electron chi connectivity index (χ4n) is 3.42. The summed E-state index contributed by atoms with van der Waals surface area (Å²) < 4.78 is 21.5. The molecule has 14 atom stereocenters. The molecule has 0 saturated carbocycles. The van der Waals surface area contributed by atoms with Crippen molar-refractivity contribution >= 4 is 6.29 Å². The van der Waals surface area contributed by atoms with E-state index in [9.17, 15) is 45.6 Å². The molecule has 0 aromatic carbocycles. The van der Waals surface area contributed by atoms with Crippen molar-refractivity contribution in [2.75, 3.05) is 0 Å². The lowest BCUT2D eigenvalue weighted by Crippen LogP contribution is -2.64. The molecule has 31 heavy (non-hydrogen) atoms. The van der Waals surface area contributed by atoms with Crippen molar-refractivity contribution in [2.45, 2.75) is 107 Å². The molecule has 8 N–H and O–H groups in total. The maximum atomic E-state index is 11.0. The van der Waals surface area contributed by atoms with Gasteiger partial charge >= 0.3 is 0 Å². The van der Waals surface area contributed by atoms with E-state index in [-0.39, 0.29) is 6.29 Å². The third kappa shape index (κ3) is 5.76. The fourth-order valence-corrected chi connectivity index (χ4v) is 3.42. The maximum Gasteiger partial charge on any atom is 0.187 e. The number of rotatable bonds is 8. The average Bonchev–Trinajstić information content (AvgIpc) is 2.73. The van der Waals surface area contributed by atoms with Gasteiger partial charge in [0, 0.05) is 0 Å². The van der Waals surface area contributed by atoms with Crippen molar-refractivity contribution in [3.05, 3.63) is 0 Å². The van der Waals surface area contributed by atoms with Gasteiger partial charge in [0.1, 0.15) is 54.9 Å². The number of hydrogen-bond donors (Lipinski definition) is 8. The van der Waals surface area contributed by atoms with Crippen LogP contribution >= 0.6 is 0 Å². The van der Waals surface area contributed by atoms with Crippen LogP contribution in [0.25, 0.3) is 0 Å². The summed E-state index contributed by atoms with van der Waals surface area (Å²) in [6.45, 7) is 4.01. The van der Waals surface area contributed by atoms with E-state index in [1.165, 1.54) is 20.8 Å². The topological polar surface area (TPSA) is 216 Å². The third-order valence-electron chi connectivity index (χ3n) is 5.48. The van der Waals surface area contributed by atoms with Crippen LogP contribution in [0.3, 0.4) is 0 Å². The highest BCUT2D eigenvalue weighted by Gasteiger charge is 2.50. The van der Waals surface area contributed by atoms with Gasteiger partial charge in [0.25, 0.3) is 0 Å². The summed E-state index contributed by atoms with van der Waals surface area (Å²) in [5.74, 6) is 0. The van der Waals surface area contributed by atoms with Crippen LogP contribution in [-0.4, -0.2) is 133 Å². The zero-order valence-corrected chi connectivity index (χ0v) is 17.3. The summed E-state index contributed by atoms with van der Waals surface area (Å²) in [4.78, 5) is 11.0. The minimum absolute atomic E-state index is 0.0675. The van der Waals surface area contributed by atoms with E-state index < -0.39 is 85.8 Å². The van der Waals surface area contributed by atoms with Crippen LogP contribution in [-0.2, 0) is 23.7 Å². The van der Waals surface area contributed by atoms with Gasteiger partial charge in [-0.15, -0.1) is 0 Å². The Labute approximate surface area is 178 Å². The summed E-state index contributed by atoms with van der Waals surface area (Å²) >= 11 is 0. The molecule has 0 aromatic rings. The van der Waals surface area contributed by atoms with E-state index >= 15 is 0 Å². The molecule has 0 spiro atoms. The number of aliphatic hydroxyl groups excluding tert-OH is 8. The standard InChI is InChI=1S/C18H32O13/c1-5(20)9(22)15(8(21)4-19)30-18-14(27)16(11(24)7(3)29-18)31-17-13(26)12(25)10(23)6(2)28-17/h4-18,20-27H,1-3H3/t5-,6-,7-,8-,9-,10-,11-,12+,13+,14+,15-,16+,17-,18-/m1/s1. The quantitative estimate of drug-likeness (QED) is 0.161. The van der Waals surface area contributed by atoms with E-state index in [0.29, 0.717) is 0 Å². The van der Waals surface area contributed by atoms with Crippen LogP contribution in [0.4, 0.5) is 0 Å². The number of aldehydes is 1. The molecule has 182 valence electrons. The first-order chi connectivity index (χ1) is 14.4. The predicted octanol–water partition coefficient (Wildman–Crippen LogP) is -4.65. The Bertz CT molecular complexity index is 577. The minimum Gasteiger partial charge on any atom is -0.391 e. The number of carbonyl (C=O) groups is 1. The molecule has 0 amide bonds. The summed E-state index contributed by atoms with van der Waals surface area (Å²) in [5.41, 5.74) is 0. The molecule has 2 rings (SSSR count). The lowest BCUT2D eigenvalue weighted by Gasteiger charge is -2.46. The molecule has 13 heteroatoms. The van der Waals surface area contributed by atoms with E-state index in [2.05, 4.69) is 0 Å². The Balaban J connectivity index is 2.18. The monoisotopic (exact) mass is 456 g/mol. The van der Waals surface area contributed by atoms with Gasteiger partial charge in [0.15, 0.2) is 18.9 Å². The molecular weight excluding hydrogens is 424 g/mol.